The third kappa shape index (κ3) is 3.63. The maximum absolute atomic E-state index is 12.7. The molecule has 0 radical (unpaired) electrons. The Labute approximate surface area is 143 Å². The first-order valence-electron chi connectivity index (χ1n) is 8.53. The van der Waals surface area contributed by atoms with Crippen LogP contribution in [0.5, 0.6) is 0 Å². The number of fused-ring (bicyclic) bond motifs is 1. The highest BCUT2D eigenvalue weighted by molar-refractivity contribution is 7.87. The molecule has 0 aromatic heterocycles. The van der Waals surface area contributed by atoms with Crippen LogP contribution >= 0.6 is 0 Å². The number of ether oxygens (including phenoxy) is 1. The lowest BCUT2D eigenvalue weighted by Crippen LogP contribution is -2.48. The third-order valence-electron chi connectivity index (χ3n) is 4.77. The minimum atomic E-state index is -3.62. The molecule has 1 aromatic carbocycles. The van der Waals surface area contributed by atoms with Gasteiger partial charge in [0.2, 0.25) is 0 Å². The number of rotatable bonds is 5. The molecule has 1 fully saturated rings. The lowest BCUT2D eigenvalue weighted by atomic mass is 10.0. The fourth-order valence-corrected chi connectivity index (χ4v) is 5.05. The monoisotopic (exact) mass is 352 g/mol. The van der Waals surface area contributed by atoms with Gasteiger partial charge in [-0.25, -0.2) is 0 Å². The van der Waals surface area contributed by atoms with Crippen molar-refractivity contribution in [2.75, 3.05) is 19.7 Å². The highest BCUT2D eigenvalue weighted by Gasteiger charge is 2.35. The Morgan fingerprint density at radius 1 is 1.33 bits per heavy atom. The van der Waals surface area contributed by atoms with E-state index >= 15 is 0 Å². The zero-order valence-electron chi connectivity index (χ0n) is 13.9. The van der Waals surface area contributed by atoms with Crippen LogP contribution in [-0.4, -0.2) is 38.4 Å². The predicted molar refractivity (Wildman–Crippen MR) is 90.5 cm³/mol. The SMILES string of the molecule is CCOC(=O)[C@@H]1CCCN(S(=O)(=O)N[C@H]2CCc3ccccc32)C1. The molecule has 0 saturated carbocycles. The summed E-state index contributed by atoms with van der Waals surface area (Å²) in [6.07, 6.45) is 3.01. The van der Waals surface area contributed by atoms with E-state index in [0.29, 0.717) is 26.0 Å². The summed E-state index contributed by atoms with van der Waals surface area (Å²) in [5.74, 6) is -0.672. The van der Waals surface area contributed by atoms with Crippen LogP contribution in [0.3, 0.4) is 0 Å². The fraction of sp³-hybridized carbons (Fsp3) is 0.588. The van der Waals surface area contributed by atoms with Crippen LogP contribution in [0.4, 0.5) is 0 Å². The molecule has 0 amide bonds. The Morgan fingerprint density at radius 3 is 2.92 bits per heavy atom. The fourth-order valence-electron chi connectivity index (χ4n) is 3.55. The molecule has 1 N–H and O–H groups in total. The van der Waals surface area contributed by atoms with Gasteiger partial charge < -0.3 is 4.74 Å². The number of hydrogen-bond acceptors (Lipinski definition) is 4. The van der Waals surface area contributed by atoms with Gasteiger partial charge in [0.15, 0.2) is 0 Å². The number of nitrogens with zero attached hydrogens (tertiary/aromatic N) is 1. The second-order valence-electron chi connectivity index (χ2n) is 6.36. The van der Waals surface area contributed by atoms with E-state index in [-0.39, 0.29) is 24.5 Å². The summed E-state index contributed by atoms with van der Waals surface area (Å²) in [6, 6.07) is 7.75. The van der Waals surface area contributed by atoms with E-state index in [1.807, 2.05) is 24.3 Å². The molecular weight excluding hydrogens is 328 g/mol. The Bertz CT molecular complexity index is 704. The van der Waals surface area contributed by atoms with Gasteiger partial charge in [-0.15, -0.1) is 0 Å². The number of benzene rings is 1. The van der Waals surface area contributed by atoms with Crippen molar-refractivity contribution in [3.05, 3.63) is 35.4 Å². The van der Waals surface area contributed by atoms with Crippen LogP contribution in [0.2, 0.25) is 0 Å². The highest BCUT2D eigenvalue weighted by Crippen LogP contribution is 2.32. The molecule has 0 spiro atoms. The van der Waals surface area contributed by atoms with Gasteiger partial charge >= 0.3 is 5.97 Å². The lowest BCUT2D eigenvalue weighted by molar-refractivity contribution is -0.149. The van der Waals surface area contributed by atoms with E-state index < -0.39 is 10.2 Å². The van der Waals surface area contributed by atoms with Crippen LogP contribution in [0.1, 0.15) is 43.4 Å². The summed E-state index contributed by atoms with van der Waals surface area (Å²) in [7, 11) is -3.62. The molecular formula is C17H24N2O4S. The maximum atomic E-state index is 12.7. The summed E-state index contributed by atoms with van der Waals surface area (Å²) in [4.78, 5) is 11.9. The van der Waals surface area contributed by atoms with Gasteiger partial charge in [0.25, 0.3) is 10.2 Å². The molecule has 1 aliphatic heterocycles. The van der Waals surface area contributed by atoms with Crippen molar-refractivity contribution in [1.29, 1.82) is 0 Å². The number of piperidine rings is 1. The van der Waals surface area contributed by atoms with Gasteiger partial charge in [0, 0.05) is 19.1 Å². The first-order valence-corrected chi connectivity index (χ1v) is 9.97. The van der Waals surface area contributed by atoms with Crippen molar-refractivity contribution in [2.24, 2.45) is 5.92 Å². The van der Waals surface area contributed by atoms with Crippen molar-refractivity contribution < 1.29 is 17.9 Å². The molecule has 2 aliphatic rings. The van der Waals surface area contributed by atoms with Crippen LogP contribution in [0.25, 0.3) is 0 Å². The summed E-state index contributed by atoms with van der Waals surface area (Å²) < 4.78 is 34.7. The van der Waals surface area contributed by atoms with E-state index in [1.165, 1.54) is 9.87 Å². The number of hydrogen-bond donors (Lipinski definition) is 1. The summed E-state index contributed by atoms with van der Waals surface area (Å²) in [5.41, 5.74) is 2.26. The average molecular weight is 352 g/mol. The average Bonchev–Trinajstić information content (AvgIpc) is 2.98. The van der Waals surface area contributed by atoms with E-state index in [1.54, 1.807) is 6.92 Å². The Hall–Kier alpha value is -1.44. The number of nitrogens with one attached hydrogen (secondary N) is 1. The van der Waals surface area contributed by atoms with Crippen LogP contribution in [0, 0.1) is 5.92 Å². The smallest absolute Gasteiger partial charge is 0.310 e. The summed E-state index contributed by atoms with van der Waals surface area (Å²) >= 11 is 0. The van der Waals surface area contributed by atoms with Gasteiger partial charge in [0.05, 0.1) is 12.5 Å². The zero-order chi connectivity index (χ0) is 17.2. The number of carbonyl (C=O) groups is 1. The van der Waals surface area contributed by atoms with Crippen molar-refractivity contribution in [1.82, 2.24) is 9.03 Å². The molecule has 2 atom stereocenters. The maximum Gasteiger partial charge on any atom is 0.310 e. The van der Waals surface area contributed by atoms with Crippen molar-refractivity contribution in [2.45, 2.75) is 38.6 Å². The normalized spacial score (nSPS) is 24.5. The van der Waals surface area contributed by atoms with E-state index in [4.69, 9.17) is 4.74 Å². The molecule has 1 saturated heterocycles. The zero-order valence-corrected chi connectivity index (χ0v) is 14.7. The molecule has 1 aliphatic carbocycles. The van der Waals surface area contributed by atoms with Gasteiger partial charge in [-0.1, -0.05) is 24.3 Å². The minimum Gasteiger partial charge on any atom is -0.466 e. The minimum absolute atomic E-state index is 0.186. The lowest BCUT2D eigenvalue weighted by Gasteiger charge is -2.31. The Kier molecular flexibility index (Phi) is 5.22. The van der Waals surface area contributed by atoms with Gasteiger partial charge in [0.1, 0.15) is 0 Å². The van der Waals surface area contributed by atoms with Gasteiger partial charge in [-0.3, -0.25) is 4.79 Å². The molecule has 132 valence electrons. The van der Waals surface area contributed by atoms with Gasteiger partial charge in [-0.05, 0) is 43.7 Å². The second kappa shape index (κ2) is 7.21. The molecule has 0 unspecified atom stereocenters. The summed E-state index contributed by atoms with van der Waals surface area (Å²) in [5, 5.41) is 0. The second-order valence-corrected chi connectivity index (χ2v) is 8.06. The highest BCUT2D eigenvalue weighted by atomic mass is 32.2. The molecule has 7 heteroatoms. The topological polar surface area (TPSA) is 75.7 Å². The standard InChI is InChI=1S/C17H24N2O4S/c1-2-23-17(20)14-7-5-11-19(12-14)24(21,22)18-16-10-9-13-6-3-4-8-15(13)16/h3-4,6,8,14,16,18H,2,5,7,9-12H2,1H3/t14-,16+/m1/s1. The largest absolute Gasteiger partial charge is 0.466 e. The molecule has 1 heterocycles. The predicted octanol–water partition coefficient (Wildman–Crippen LogP) is 1.78. The van der Waals surface area contributed by atoms with Crippen molar-refractivity contribution in [3.8, 4) is 0 Å². The first-order chi connectivity index (χ1) is 11.5. The number of esters is 1. The van der Waals surface area contributed by atoms with E-state index in [9.17, 15) is 13.2 Å². The molecule has 0 bridgehead atoms. The van der Waals surface area contributed by atoms with Crippen LogP contribution in [0.15, 0.2) is 24.3 Å². The van der Waals surface area contributed by atoms with Crippen LogP contribution in [-0.2, 0) is 26.2 Å². The third-order valence-corrected chi connectivity index (χ3v) is 6.36. The Morgan fingerprint density at radius 2 is 2.12 bits per heavy atom. The molecule has 6 nitrogen and oxygen atoms in total. The Balaban J connectivity index is 1.68. The van der Waals surface area contributed by atoms with Crippen LogP contribution < -0.4 is 4.72 Å². The van der Waals surface area contributed by atoms with E-state index in [0.717, 1.165) is 18.4 Å². The van der Waals surface area contributed by atoms with Crippen molar-refractivity contribution in [3.63, 3.8) is 0 Å². The molecule has 3 rings (SSSR count). The molecule has 24 heavy (non-hydrogen) atoms. The van der Waals surface area contributed by atoms with E-state index in [2.05, 4.69) is 4.72 Å². The van der Waals surface area contributed by atoms with Crippen molar-refractivity contribution >= 4 is 16.2 Å². The first kappa shape index (κ1) is 17.4. The number of aryl methyl sites for hydroxylation is 1. The quantitative estimate of drug-likeness (QED) is 0.820. The van der Waals surface area contributed by atoms with Gasteiger partial charge in [-0.2, -0.15) is 17.4 Å². The number of carbonyl (C=O) groups excluding carboxylic acids is 1. The molecule has 1 aromatic rings. The summed E-state index contributed by atoms with van der Waals surface area (Å²) in [6.45, 7) is 2.72.